The van der Waals surface area contributed by atoms with E-state index in [2.05, 4.69) is 5.32 Å². The van der Waals surface area contributed by atoms with Crippen LogP contribution in [0.2, 0.25) is 0 Å². The first-order chi connectivity index (χ1) is 11.4. The second-order valence-corrected chi connectivity index (χ2v) is 4.99. The Morgan fingerprint density at radius 3 is 2.62 bits per heavy atom. The van der Waals surface area contributed by atoms with E-state index in [0.717, 1.165) is 17.7 Å². The summed E-state index contributed by atoms with van der Waals surface area (Å²) in [5.74, 6) is 0.220. The molecule has 2 aromatic carbocycles. The van der Waals surface area contributed by atoms with E-state index in [0.29, 0.717) is 11.3 Å². The lowest BCUT2D eigenvalue weighted by Gasteiger charge is -2.09. The minimum absolute atomic E-state index is 0.0129. The van der Waals surface area contributed by atoms with Gasteiger partial charge in [0, 0.05) is 18.2 Å². The quantitative estimate of drug-likeness (QED) is 0.838. The minimum Gasteiger partial charge on any atom is -0.496 e. The Hall–Kier alpha value is -2.76. The normalized spacial score (nSPS) is 11.5. The molecule has 0 fully saturated rings. The zero-order valence-electron chi connectivity index (χ0n) is 12.9. The van der Waals surface area contributed by atoms with Crippen molar-refractivity contribution >= 4 is 12.0 Å². The summed E-state index contributed by atoms with van der Waals surface area (Å²) in [5.41, 5.74) is 0.372. The largest absolute Gasteiger partial charge is 0.496 e. The number of hydrogen-bond acceptors (Lipinski definition) is 2. The van der Waals surface area contributed by atoms with Crippen molar-refractivity contribution in [2.45, 2.75) is 12.7 Å². The van der Waals surface area contributed by atoms with Crippen molar-refractivity contribution in [3.8, 4) is 5.75 Å². The van der Waals surface area contributed by atoms with Gasteiger partial charge in [-0.1, -0.05) is 30.3 Å². The van der Waals surface area contributed by atoms with Gasteiger partial charge in [-0.15, -0.1) is 0 Å². The second kappa shape index (κ2) is 7.68. The number of hydrogen-bond donors (Lipinski definition) is 1. The highest BCUT2D eigenvalue weighted by molar-refractivity contribution is 5.92. The number of rotatable bonds is 5. The topological polar surface area (TPSA) is 38.3 Å². The van der Waals surface area contributed by atoms with Gasteiger partial charge in [0.1, 0.15) is 5.75 Å². The molecule has 0 spiro atoms. The molecule has 1 N–H and O–H groups in total. The van der Waals surface area contributed by atoms with Crippen LogP contribution in [0.3, 0.4) is 0 Å². The highest BCUT2D eigenvalue weighted by atomic mass is 19.4. The summed E-state index contributed by atoms with van der Waals surface area (Å²) < 4.78 is 43.1. The first-order valence-corrected chi connectivity index (χ1v) is 7.15. The average molecular weight is 335 g/mol. The van der Waals surface area contributed by atoms with Crippen molar-refractivity contribution in [3.63, 3.8) is 0 Å². The van der Waals surface area contributed by atoms with Gasteiger partial charge in [-0.05, 0) is 29.8 Å². The number of carbonyl (C=O) groups excluding carboxylic acids is 1. The zero-order chi connectivity index (χ0) is 17.6. The van der Waals surface area contributed by atoms with E-state index in [1.807, 2.05) is 12.1 Å². The number of carbonyl (C=O) groups is 1. The van der Waals surface area contributed by atoms with Crippen molar-refractivity contribution in [2.24, 2.45) is 0 Å². The predicted molar refractivity (Wildman–Crippen MR) is 85.3 cm³/mol. The van der Waals surface area contributed by atoms with Crippen LogP contribution in [0.1, 0.15) is 16.7 Å². The van der Waals surface area contributed by atoms with E-state index in [1.54, 1.807) is 18.2 Å². The molecule has 0 heterocycles. The molecule has 0 saturated heterocycles. The van der Waals surface area contributed by atoms with Crippen molar-refractivity contribution < 1.29 is 22.7 Å². The molecule has 6 heteroatoms. The van der Waals surface area contributed by atoms with Gasteiger partial charge < -0.3 is 10.1 Å². The first-order valence-electron chi connectivity index (χ1n) is 7.15. The first kappa shape index (κ1) is 17.6. The standard InChI is InChI=1S/C18H16F3NO2/c1-24-16-8-3-2-6-14(16)9-10-17(23)22-12-13-5-4-7-15(11-13)18(19,20)21/h2-11H,12H2,1H3,(H,22,23)/b10-9+. The molecular weight excluding hydrogens is 319 g/mol. The molecule has 2 rings (SSSR count). The SMILES string of the molecule is COc1ccccc1/C=C/C(=O)NCc1cccc(C(F)(F)F)c1. The van der Waals surface area contributed by atoms with E-state index >= 15 is 0 Å². The molecule has 0 aromatic heterocycles. The third-order valence-corrected chi connectivity index (χ3v) is 3.27. The van der Waals surface area contributed by atoms with Crippen LogP contribution in [0.5, 0.6) is 5.75 Å². The maximum atomic E-state index is 12.6. The molecule has 0 aliphatic rings. The molecule has 3 nitrogen and oxygen atoms in total. The Bertz CT molecular complexity index is 739. The lowest BCUT2D eigenvalue weighted by molar-refractivity contribution is -0.137. The van der Waals surface area contributed by atoms with Crippen LogP contribution in [0, 0.1) is 0 Å². The molecular formula is C18H16F3NO2. The predicted octanol–water partition coefficient (Wildman–Crippen LogP) is 4.04. The van der Waals surface area contributed by atoms with Crippen LogP contribution < -0.4 is 10.1 Å². The van der Waals surface area contributed by atoms with E-state index in [4.69, 9.17) is 4.74 Å². The molecule has 0 aliphatic heterocycles. The minimum atomic E-state index is -4.40. The molecule has 2 aromatic rings. The van der Waals surface area contributed by atoms with Gasteiger partial charge in [0.15, 0.2) is 0 Å². The van der Waals surface area contributed by atoms with E-state index in [9.17, 15) is 18.0 Å². The smallest absolute Gasteiger partial charge is 0.416 e. The van der Waals surface area contributed by atoms with Gasteiger partial charge in [0.05, 0.1) is 12.7 Å². The molecule has 0 radical (unpaired) electrons. The summed E-state index contributed by atoms with van der Waals surface area (Å²) in [7, 11) is 1.53. The summed E-state index contributed by atoms with van der Waals surface area (Å²) in [6.45, 7) is 0.0129. The van der Waals surface area contributed by atoms with Crippen molar-refractivity contribution in [1.82, 2.24) is 5.32 Å². The average Bonchev–Trinajstić information content (AvgIpc) is 2.58. The van der Waals surface area contributed by atoms with E-state index in [-0.39, 0.29) is 6.54 Å². The van der Waals surface area contributed by atoms with Crippen LogP contribution in [0.15, 0.2) is 54.6 Å². The van der Waals surface area contributed by atoms with Gasteiger partial charge >= 0.3 is 6.18 Å². The summed E-state index contributed by atoms with van der Waals surface area (Å²) in [5, 5.41) is 2.55. The maximum Gasteiger partial charge on any atom is 0.416 e. The van der Waals surface area contributed by atoms with Gasteiger partial charge in [-0.2, -0.15) is 13.2 Å². The number of methoxy groups -OCH3 is 1. The Morgan fingerprint density at radius 1 is 1.17 bits per heavy atom. The fourth-order valence-electron chi connectivity index (χ4n) is 2.08. The molecule has 0 aliphatic carbocycles. The van der Waals surface area contributed by atoms with Crippen molar-refractivity contribution in [1.29, 1.82) is 0 Å². The van der Waals surface area contributed by atoms with Crippen LogP contribution >= 0.6 is 0 Å². The molecule has 0 bridgehead atoms. The summed E-state index contributed by atoms with van der Waals surface area (Å²) in [4.78, 5) is 11.8. The molecule has 0 saturated carbocycles. The molecule has 0 atom stereocenters. The number of halogens is 3. The van der Waals surface area contributed by atoms with Crippen LogP contribution in [-0.4, -0.2) is 13.0 Å². The Labute approximate surface area is 137 Å². The lowest BCUT2D eigenvalue weighted by atomic mass is 10.1. The lowest BCUT2D eigenvalue weighted by Crippen LogP contribution is -2.20. The number of nitrogens with one attached hydrogen (secondary N) is 1. The third-order valence-electron chi connectivity index (χ3n) is 3.27. The van der Waals surface area contributed by atoms with Gasteiger partial charge in [-0.25, -0.2) is 0 Å². The number of ether oxygens (including phenoxy) is 1. The molecule has 0 unspecified atom stereocenters. The Balaban J connectivity index is 1.97. The fraction of sp³-hybridized carbons (Fsp3) is 0.167. The van der Waals surface area contributed by atoms with E-state index < -0.39 is 17.6 Å². The number of alkyl halides is 3. The summed E-state index contributed by atoms with van der Waals surface area (Å²) in [6.07, 6.45) is -1.50. The maximum absolute atomic E-state index is 12.6. The Kier molecular flexibility index (Phi) is 5.63. The zero-order valence-corrected chi connectivity index (χ0v) is 12.9. The van der Waals surface area contributed by atoms with Crippen LogP contribution in [0.25, 0.3) is 6.08 Å². The van der Waals surface area contributed by atoms with Crippen molar-refractivity contribution in [3.05, 3.63) is 71.3 Å². The highest BCUT2D eigenvalue weighted by Crippen LogP contribution is 2.29. The molecule has 24 heavy (non-hydrogen) atoms. The van der Waals surface area contributed by atoms with E-state index in [1.165, 1.54) is 25.3 Å². The monoisotopic (exact) mass is 335 g/mol. The van der Waals surface area contributed by atoms with Crippen molar-refractivity contribution in [2.75, 3.05) is 7.11 Å². The number of benzene rings is 2. The summed E-state index contributed by atoms with van der Waals surface area (Å²) in [6, 6.07) is 12.0. The second-order valence-electron chi connectivity index (χ2n) is 4.99. The summed E-state index contributed by atoms with van der Waals surface area (Å²) >= 11 is 0. The van der Waals surface area contributed by atoms with Gasteiger partial charge in [0.25, 0.3) is 0 Å². The molecule has 1 amide bonds. The van der Waals surface area contributed by atoms with Gasteiger partial charge in [-0.3, -0.25) is 4.79 Å². The molecule has 126 valence electrons. The third kappa shape index (κ3) is 4.87. The Morgan fingerprint density at radius 2 is 1.92 bits per heavy atom. The number of amides is 1. The number of para-hydroxylation sites is 1. The van der Waals surface area contributed by atoms with Crippen LogP contribution in [-0.2, 0) is 17.5 Å². The van der Waals surface area contributed by atoms with Gasteiger partial charge in [0.2, 0.25) is 5.91 Å². The fourth-order valence-corrected chi connectivity index (χ4v) is 2.08. The highest BCUT2D eigenvalue weighted by Gasteiger charge is 2.30. The van der Waals surface area contributed by atoms with Crippen LogP contribution in [0.4, 0.5) is 13.2 Å².